The van der Waals surface area contributed by atoms with Crippen molar-refractivity contribution in [3.8, 4) is 0 Å². The summed E-state index contributed by atoms with van der Waals surface area (Å²) in [5.74, 6) is 0. The molecule has 1 heterocycles. The zero-order valence-electron chi connectivity index (χ0n) is 11.7. The van der Waals surface area contributed by atoms with Crippen molar-refractivity contribution in [3.05, 3.63) is 0 Å². The molecular weight excluding hydrogens is 212 g/mol. The molecule has 102 valence electrons. The van der Waals surface area contributed by atoms with E-state index in [2.05, 4.69) is 13.8 Å². The molecule has 0 radical (unpaired) electrons. The van der Waals surface area contributed by atoms with Crippen LogP contribution >= 0.6 is 0 Å². The number of unbranched alkanes of at least 4 members (excludes halogenated alkanes) is 5. The van der Waals surface area contributed by atoms with Gasteiger partial charge in [-0.05, 0) is 32.6 Å². The summed E-state index contributed by atoms with van der Waals surface area (Å²) in [6.07, 6.45) is 11.7. The second-order valence-corrected chi connectivity index (χ2v) is 5.69. The Balaban J connectivity index is 2.09. The third-order valence-corrected chi connectivity index (χ3v) is 4.04. The molecule has 0 amide bonds. The Bertz CT molecular complexity index is 185. The fourth-order valence-corrected chi connectivity index (χ4v) is 2.64. The van der Waals surface area contributed by atoms with Crippen molar-refractivity contribution in [2.75, 3.05) is 6.61 Å². The fraction of sp³-hybridized carbons (Fsp3) is 1.00. The highest BCUT2D eigenvalue weighted by Crippen LogP contribution is 2.30. The number of aliphatic hydroxyl groups is 1. The predicted molar refractivity (Wildman–Crippen MR) is 72.2 cm³/mol. The molecule has 0 bridgehead atoms. The van der Waals surface area contributed by atoms with Crippen LogP contribution in [0.4, 0.5) is 0 Å². The summed E-state index contributed by atoms with van der Waals surface area (Å²) in [5.41, 5.74) is -0.262. The largest absolute Gasteiger partial charge is 0.390 e. The van der Waals surface area contributed by atoms with Gasteiger partial charge in [0.15, 0.2) is 0 Å². The summed E-state index contributed by atoms with van der Waals surface area (Å²) in [7, 11) is 0. The molecule has 1 fully saturated rings. The van der Waals surface area contributed by atoms with Crippen molar-refractivity contribution < 1.29 is 9.84 Å². The van der Waals surface area contributed by atoms with Crippen LogP contribution in [-0.2, 0) is 4.74 Å². The average Bonchev–Trinajstić information content (AvgIpc) is 2.34. The normalized spacial score (nSPS) is 27.0. The molecule has 0 aromatic rings. The van der Waals surface area contributed by atoms with Gasteiger partial charge in [0.2, 0.25) is 0 Å². The molecule has 1 saturated heterocycles. The van der Waals surface area contributed by atoms with Crippen LogP contribution < -0.4 is 0 Å². The van der Waals surface area contributed by atoms with E-state index in [1.165, 1.54) is 38.5 Å². The number of aliphatic hydroxyl groups excluding tert-OH is 1. The number of ether oxygens (including phenoxy) is 1. The molecule has 1 aliphatic heterocycles. The maximum absolute atomic E-state index is 10.2. The van der Waals surface area contributed by atoms with E-state index in [0.717, 1.165) is 32.3 Å². The van der Waals surface area contributed by atoms with Gasteiger partial charge in [-0.1, -0.05) is 45.4 Å². The Morgan fingerprint density at radius 3 is 2.47 bits per heavy atom. The first-order valence-electron chi connectivity index (χ1n) is 7.51. The SMILES string of the molecule is CCCCCCCCC(O)C1(C)CCCCO1. The fourth-order valence-electron chi connectivity index (χ4n) is 2.64. The van der Waals surface area contributed by atoms with Crippen molar-refractivity contribution in [3.63, 3.8) is 0 Å². The van der Waals surface area contributed by atoms with Crippen LogP contribution in [0, 0.1) is 0 Å². The van der Waals surface area contributed by atoms with Gasteiger partial charge in [-0.2, -0.15) is 0 Å². The predicted octanol–water partition coefficient (Wildman–Crippen LogP) is 4.06. The number of hydrogen-bond donors (Lipinski definition) is 1. The zero-order valence-corrected chi connectivity index (χ0v) is 11.7. The van der Waals surface area contributed by atoms with Crippen molar-refractivity contribution in [1.82, 2.24) is 0 Å². The Hall–Kier alpha value is -0.0800. The van der Waals surface area contributed by atoms with Crippen molar-refractivity contribution in [2.24, 2.45) is 0 Å². The standard InChI is InChI=1S/C15H30O2/c1-3-4-5-6-7-8-11-14(16)15(2)12-9-10-13-17-15/h14,16H,3-13H2,1-2H3. The van der Waals surface area contributed by atoms with E-state index in [1.807, 2.05) is 0 Å². The van der Waals surface area contributed by atoms with Crippen LogP contribution in [-0.4, -0.2) is 23.4 Å². The van der Waals surface area contributed by atoms with E-state index in [1.54, 1.807) is 0 Å². The van der Waals surface area contributed by atoms with E-state index in [9.17, 15) is 5.11 Å². The van der Waals surface area contributed by atoms with E-state index in [0.29, 0.717) is 0 Å². The third-order valence-electron chi connectivity index (χ3n) is 4.04. The van der Waals surface area contributed by atoms with Crippen LogP contribution in [0.1, 0.15) is 78.1 Å². The summed E-state index contributed by atoms with van der Waals surface area (Å²) in [5, 5.41) is 10.2. The van der Waals surface area contributed by atoms with Crippen LogP contribution in [0.25, 0.3) is 0 Å². The van der Waals surface area contributed by atoms with Crippen LogP contribution in [0.15, 0.2) is 0 Å². The summed E-state index contributed by atoms with van der Waals surface area (Å²) in [6, 6.07) is 0. The van der Waals surface area contributed by atoms with E-state index >= 15 is 0 Å². The molecule has 2 unspecified atom stereocenters. The van der Waals surface area contributed by atoms with Crippen LogP contribution in [0.3, 0.4) is 0 Å². The maximum Gasteiger partial charge on any atom is 0.0912 e. The summed E-state index contributed by atoms with van der Waals surface area (Å²) in [4.78, 5) is 0. The lowest BCUT2D eigenvalue weighted by Gasteiger charge is -2.38. The van der Waals surface area contributed by atoms with E-state index in [4.69, 9.17) is 4.74 Å². The summed E-state index contributed by atoms with van der Waals surface area (Å²) >= 11 is 0. The van der Waals surface area contributed by atoms with Crippen molar-refractivity contribution >= 4 is 0 Å². The van der Waals surface area contributed by atoms with Crippen LogP contribution in [0.2, 0.25) is 0 Å². The molecule has 0 aromatic carbocycles. The molecule has 17 heavy (non-hydrogen) atoms. The zero-order chi connectivity index (χ0) is 12.6. The van der Waals surface area contributed by atoms with Gasteiger partial charge < -0.3 is 9.84 Å². The van der Waals surface area contributed by atoms with Gasteiger partial charge in [0.1, 0.15) is 0 Å². The molecule has 0 aliphatic carbocycles. The third kappa shape index (κ3) is 5.39. The first-order valence-corrected chi connectivity index (χ1v) is 7.51. The molecule has 0 aromatic heterocycles. The molecular formula is C15H30O2. The Labute approximate surface area is 107 Å². The smallest absolute Gasteiger partial charge is 0.0912 e. The minimum Gasteiger partial charge on any atom is -0.390 e. The minimum absolute atomic E-state index is 0.262. The minimum atomic E-state index is -0.269. The highest BCUT2D eigenvalue weighted by atomic mass is 16.5. The maximum atomic E-state index is 10.2. The van der Waals surface area contributed by atoms with Gasteiger partial charge in [-0.3, -0.25) is 0 Å². The first-order chi connectivity index (χ1) is 8.19. The van der Waals surface area contributed by atoms with Gasteiger partial charge in [0.05, 0.1) is 11.7 Å². The second kappa shape index (κ2) is 8.10. The first kappa shape index (κ1) is 15.0. The van der Waals surface area contributed by atoms with Crippen molar-refractivity contribution in [1.29, 1.82) is 0 Å². The van der Waals surface area contributed by atoms with Crippen LogP contribution in [0.5, 0.6) is 0 Å². The van der Waals surface area contributed by atoms with E-state index in [-0.39, 0.29) is 11.7 Å². The molecule has 1 N–H and O–H groups in total. The molecule has 0 spiro atoms. The Kier molecular flexibility index (Phi) is 7.14. The molecule has 1 aliphatic rings. The lowest BCUT2D eigenvalue weighted by molar-refractivity contribution is -0.138. The number of hydrogen-bond acceptors (Lipinski definition) is 2. The molecule has 2 heteroatoms. The van der Waals surface area contributed by atoms with E-state index < -0.39 is 0 Å². The Morgan fingerprint density at radius 2 is 1.82 bits per heavy atom. The molecule has 2 atom stereocenters. The lowest BCUT2D eigenvalue weighted by atomic mass is 9.87. The quantitative estimate of drug-likeness (QED) is 0.650. The highest BCUT2D eigenvalue weighted by Gasteiger charge is 2.34. The van der Waals surface area contributed by atoms with Gasteiger partial charge in [0, 0.05) is 6.61 Å². The topological polar surface area (TPSA) is 29.5 Å². The molecule has 1 rings (SSSR count). The second-order valence-electron chi connectivity index (χ2n) is 5.69. The molecule has 2 nitrogen and oxygen atoms in total. The Morgan fingerprint density at radius 1 is 1.12 bits per heavy atom. The van der Waals surface area contributed by atoms with Crippen molar-refractivity contribution in [2.45, 2.75) is 89.8 Å². The van der Waals surface area contributed by atoms with Gasteiger partial charge >= 0.3 is 0 Å². The molecule has 0 saturated carbocycles. The highest BCUT2D eigenvalue weighted by molar-refractivity contribution is 4.86. The number of rotatable bonds is 8. The average molecular weight is 242 g/mol. The van der Waals surface area contributed by atoms with Gasteiger partial charge in [-0.15, -0.1) is 0 Å². The lowest BCUT2D eigenvalue weighted by Crippen LogP contribution is -2.44. The summed E-state index contributed by atoms with van der Waals surface area (Å²) in [6.45, 7) is 5.14. The van der Waals surface area contributed by atoms with Gasteiger partial charge in [-0.25, -0.2) is 0 Å². The monoisotopic (exact) mass is 242 g/mol. The van der Waals surface area contributed by atoms with Gasteiger partial charge in [0.25, 0.3) is 0 Å². The summed E-state index contributed by atoms with van der Waals surface area (Å²) < 4.78 is 5.77.